The van der Waals surface area contributed by atoms with Gasteiger partial charge in [0.1, 0.15) is 0 Å². The maximum Gasteiger partial charge on any atom is 0.248 e. The van der Waals surface area contributed by atoms with Crippen LogP contribution in [0.5, 0.6) is 0 Å². The van der Waals surface area contributed by atoms with Crippen molar-refractivity contribution >= 4 is 21.8 Å². The summed E-state index contributed by atoms with van der Waals surface area (Å²) in [4.78, 5) is 11.9. The molecule has 1 N–H and O–H groups in total. The van der Waals surface area contributed by atoms with Gasteiger partial charge < -0.3 is 5.32 Å². The van der Waals surface area contributed by atoms with Gasteiger partial charge >= 0.3 is 0 Å². The van der Waals surface area contributed by atoms with Gasteiger partial charge in [-0.1, -0.05) is 28.1 Å². The van der Waals surface area contributed by atoms with Gasteiger partial charge in [-0.25, -0.2) is 8.78 Å². The van der Waals surface area contributed by atoms with Gasteiger partial charge in [0.05, 0.1) is 0 Å². The van der Waals surface area contributed by atoms with Crippen molar-refractivity contribution in [2.75, 3.05) is 0 Å². The highest BCUT2D eigenvalue weighted by atomic mass is 79.9. The van der Waals surface area contributed by atoms with Gasteiger partial charge in [0.15, 0.2) is 0 Å². The highest BCUT2D eigenvalue weighted by Gasteiger charge is 2.38. The number of carbonyl (C=O) groups is 1. The van der Waals surface area contributed by atoms with E-state index >= 15 is 0 Å². The van der Waals surface area contributed by atoms with Gasteiger partial charge in [0, 0.05) is 29.8 Å². The number of benzene rings is 1. The van der Waals surface area contributed by atoms with Gasteiger partial charge in [-0.3, -0.25) is 4.79 Å². The minimum absolute atomic E-state index is 0.0938. The van der Waals surface area contributed by atoms with Crippen LogP contribution in [0.2, 0.25) is 0 Å². The van der Waals surface area contributed by atoms with E-state index in [1.807, 2.05) is 24.3 Å². The zero-order valence-electron chi connectivity index (χ0n) is 10.5. The van der Waals surface area contributed by atoms with Gasteiger partial charge in [0.2, 0.25) is 11.8 Å². The zero-order chi connectivity index (χ0) is 13.9. The molecule has 1 atom stereocenters. The third kappa shape index (κ3) is 4.27. The summed E-state index contributed by atoms with van der Waals surface area (Å²) in [6.07, 6.45) is 0.563. The van der Waals surface area contributed by atoms with E-state index in [2.05, 4.69) is 21.2 Å². The first kappa shape index (κ1) is 14.4. The Morgan fingerprint density at radius 1 is 1.37 bits per heavy atom. The molecule has 0 radical (unpaired) electrons. The summed E-state index contributed by atoms with van der Waals surface area (Å²) in [5.41, 5.74) is 0.958. The maximum atomic E-state index is 13.2. The summed E-state index contributed by atoms with van der Waals surface area (Å²) in [5.74, 6) is -3.50. The van der Waals surface area contributed by atoms with Crippen LogP contribution in [0.4, 0.5) is 8.78 Å². The predicted molar refractivity (Wildman–Crippen MR) is 72.9 cm³/mol. The molecule has 104 valence electrons. The normalized spacial score (nSPS) is 21.9. The SMILES string of the molecule is O=C(NCc1ccc(Br)cc1)C1CCCC(F)(F)C1. The quantitative estimate of drug-likeness (QED) is 0.894. The molecule has 1 aliphatic carbocycles. The zero-order valence-corrected chi connectivity index (χ0v) is 12.1. The number of alkyl halides is 2. The summed E-state index contributed by atoms with van der Waals surface area (Å²) in [6, 6.07) is 7.55. The van der Waals surface area contributed by atoms with Gasteiger partial charge in [-0.15, -0.1) is 0 Å². The molecular formula is C14H16BrF2NO. The lowest BCUT2D eigenvalue weighted by molar-refractivity contribution is -0.132. The average molecular weight is 332 g/mol. The van der Waals surface area contributed by atoms with Crippen LogP contribution in [0.3, 0.4) is 0 Å². The van der Waals surface area contributed by atoms with Crippen LogP contribution in [0, 0.1) is 5.92 Å². The fourth-order valence-corrected chi connectivity index (χ4v) is 2.60. The van der Waals surface area contributed by atoms with Crippen molar-refractivity contribution in [3.05, 3.63) is 34.3 Å². The van der Waals surface area contributed by atoms with E-state index in [0.717, 1.165) is 10.0 Å². The van der Waals surface area contributed by atoms with E-state index in [-0.39, 0.29) is 18.7 Å². The van der Waals surface area contributed by atoms with Crippen LogP contribution >= 0.6 is 15.9 Å². The van der Waals surface area contributed by atoms with Crippen molar-refractivity contribution in [3.63, 3.8) is 0 Å². The fraction of sp³-hybridized carbons (Fsp3) is 0.500. The number of halogens is 3. The number of nitrogens with one attached hydrogen (secondary N) is 1. The predicted octanol–water partition coefficient (Wildman–Crippen LogP) is 3.89. The van der Waals surface area contributed by atoms with Crippen LogP contribution in [-0.2, 0) is 11.3 Å². The van der Waals surface area contributed by atoms with E-state index in [4.69, 9.17) is 0 Å². The third-order valence-corrected chi connectivity index (χ3v) is 3.92. The Kier molecular flexibility index (Phi) is 4.55. The Labute approximate surface area is 119 Å². The van der Waals surface area contributed by atoms with Crippen LogP contribution < -0.4 is 5.32 Å². The first-order chi connectivity index (χ1) is 8.96. The Morgan fingerprint density at radius 2 is 2.05 bits per heavy atom. The number of carbonyl (C=O) groups excluding carboxylic acids is 1. The smallest absolute Gasteiger partial charge is 0.248 e. The Morgan fingerprint density at radius 3 is 2.68 bits per heavy atom. The summed E-state index contributed by atoms with van der Waals surface area (Å²) >= 11 is 3.33. The second kappa shape index (κ2) is 5.99. The number of hydrogen-bond donors (Lipinski definition) is 1. The minimum Gasteiger partial charge on any atom is -0.352 e. The molecule has 0 saturated heterocycles. The van der Waals surface area contributed by atoms with Crippen molar-refractivity contribution in [1.29, 1.82) is 0 Å². The molecule has 1 aromatic rings. The lowest BCUT2D eigenvalue weighted by Crippen LogP contribution is -2.37. The van der Waals surface area contributed by atoms with Crippen LogP contribution in [0.25, 0.3) is 0 Å². The number of amides is 1. The van der Waals surface area contributed by atoms with Crippen LogP contribution in [0.1, 0.15) is 31.2 Å². The standard InChI is InChI=1S/C14H16BrF2NO/c15-12-5-3-10(4-6-12)9-18-13(19)11-2-1-7-14(16,17)8-11/h3-6,11H,1-2,7-9H2,(H,18,19). The van der Waals surface area contributed by atoms with Crippen molar-refractivity contribution in [1.82, 2.24) is 5.32 Å². The van der Waals surface area contributed by atoms with Gasteiger partial charge in [-0.05, 0) is 30.5 Å². The van der Waals surface area contributed by atoms with Crippen LogP contribution in [-0.4, -0.2) is 11.8 Å². The summed E-state index contributed by atoms with van der Waals surface area (Å²) < 4.78 is 27.4. The summed E-state index contributed by atoms with van der Waals surface area (Å²) in [6.45, 7) is 0.383. The topological polar surface area (TPSA) is 29.1 Å². The van der Waals surface area contributed by atoms with Crippen LogP contribution in [0.15, 0.2) is 28.7 Å². The molecule has 1 amide bonds. The third-order valence-electron chi connectivity index (χ3n) is 3.39. The highest BCUT2D eigenvalue weighted by Crippen LogP contribution is 2.36. The van der Waals surface area contributed by atoms with E-state index in [9.17, 15) is 13.6 Å². The fourth-order valence-electron chi connectivity index (χ4n) is 2.33. The molecule has 0 spiro atoms. The molecule has 5 heteroatoms. The lowest BCUT2D eigenvalue weighted by Gasteiger charge is -2.28. The molecule has 1 fully saturated rings. The molecule has 1 saturated carbocycles. The molecule has 0 bridgehead atoms. The van der Waals surface area contributed by atoms with Crippen molar-refractivity contribution in [2.24, 2.45) is 5.92 Å². The molecule has 0 aliphatic heterocycles. The molecule has 2 rings (SSSR count). The second-order valence-electron chi connectivity index (χ2n) is 4.99. The van der Waals surface area contributed by atoms with E-state index in [1.165, 1.54) is 0 Å². The second-order valence-corrected chi connectivity index (χ2v) is 5.91. The Bertz CT molecular complexity index is 447. The van der Waals surface area contributed by atoms with E-state index < -0.39 is 11.8 Å². The Balaban J connectivity index is 1.85. The molecule has 19 heavy (non-hydrogen) atoms. The first-order valence-electron chi connectivity index (χ1n) is 6.36. The number of hydrogen-bond acceptors (Lipinski definition) is 1. The summed E-state index contributed by atoms with van der Waals surface area (Å²) in [7, 11) is 0. The van der Waals surface area contributed by atoms with E-state index in [0.29, 0.717) is 19.4 Å². The van der Waals surface area contributed by atoms with Crippen molar-refractivity contribution in [2.45, 2.75) is 38.2 Å². The molecule has 1 aromatic carbocycles. The Hall–Kier alpha value is -0.970. The molecule has 0 heterocycles. The lowest BCUT2D eigenvalue weighted by atomic mass is 9.86. The minimum atomic E-state index is -2.68. The monoisotopic (exact) mass is 331 g/mol. The molecular weight excluding hydrogens is 316 g/mol. The first-order valence-corrected chi connectivity index (χ1v) is 7.15. The average Bonchev–Trinajstić information content (AvgIpc) is 2.36. The molecule has 1 aliphatic rings. The molecule has 1 unspecified atom stereocenters. The van der Waals surface area contributed by atoms with Gasteiger partial charge in [0.25, 0.3) is 0 Å². The summed E-state index contributed by atoms with van der Waals surface area (Å²) in [5, 5.41) is 2.74. The van der Waals surface area contributed by atoms with Gasteiger partial charge in [-0.2, -0.15) is 0 Å². The van der Waals surface area contributed by atoms with Crippen molar-refractivity contribution in [3.8, 4) is 0 Å². The van der Waals surface area contributed by atoms with Crippen molar-refractivity contribution < 1.29 is 13.6 Å². The maximum absolute atomic E-state index is 13.2. The highest BCUT2D eigenvalue weighted by molar-refractivity contribution is 9.10. The molecule has 2 nitrogen and oxygen atoms in total. The molecule has 0 aromatic heterocycles. The largest absolute Gasteiger partial charge is 0.352 e. The number of rotatable bonds is 3. The van der Waals surface area contributed by atoms with E-state index in [1.54, 1.807) is 0 Å².